The van der Waals surface area contributed by atoms with Crippen LogP contribution >= 0.6 is 11.6 Å². The summed E-state index contributed by atoms with van der Waals surface area (Å²) in [5.41, 5.74) is 0. The Kier molecular flexibility index (Phi) is 2.62. The van der Waals surface area contributed by atoms with E-state index >= 15 is 0 Å². The first kappa shape index (κ1) is 10.2. The number of rotatable bonds is 1. The summed E-state index contributed by atoms with van der Waals surface area (Å²) in [5, 5.41) is 6.47. The van der Waals surface area contributed by atoms with Gasteiger partial charge in [0.15, 0.2) is 0 Å². The van der Waals surface area contributed by atoms with Gasteiger partial charge in [-0.15, -0.1) is 0 Å². The maximum Gasteiger partial charge on any atom is 0.114 e. The third kappa shape index (κ3) is 1.72. The van der Waals surface area contributed by atoms with E-state index in [1.165, 1.54) is 5.39 Å². The maximum atomic E-state index is 5.96. The van der Waals surface area contributed by atoms with Crippen LogP contribution in [0.15, 0.2) is 28.9 Å². The highest BCUT2D eigenvalue weighted by Crippen LogP contribution is 2.33. The molecule has 0 saturated carbocycles. The summed E-state index contributed by atoms with van der Waals surface area (Å²) >= 11 is 5.96. The standard InChI is InChI=1S/C13H14ClNO/c14-11-1-2-12-10(7-11)8-16-13(12)9-3-5-15-6-4-9/h1-2,7-9,15H,3-6H2. The van der Waals surface area contributed by atoms with Crippen molar-refractivity contribution in [3.8, 4) is 0 Å². The number of furan rings is 1. The van der Waals surface area contributed by atoms with Crippen LogP contribution in [0.5, 0.6) is 0 Å². The van der Waals surface area contributed by atoms with Gasteiger partial charge in [0.25, 0.3) is 0 Å². The van der Waals surface area contributed by atoms with E-state index in [4.69, 9.17) is 16.0 Å². The molecule has 1 N–H and O–H groups in total. The molecule has 1 aliphatic rings. The van der Waals surface area contributed by atoms with E-state index in [1.54, 1.807) is 0 Å². The summed E-state index contributed by atoms with van der Waals surface area (Å²) in [7, 11) is 0. The quantitative estimate of drug-likeness (QED) is 0.818. The van der Waals surface area contributed by atoms with Crippen molar-refractivity contribution in [2.45, 2.75) is 18.8 Å². The van der Waals surface area contributed by atoms with Crippen molar-refractivity contribution in [3.63, 3.8) is 0 Å². The van der Waals surface area contributed by atoms with Crippen molar-refractivity contribution in [2.24, 2.45) is 0 Å². The third-order valence-electron chi connectivity index (χ3n) is 3.30. The van der Waals surface area contributed by atoms with Gasteiger partial charge in [0.2, 0.25) is 0 Å². The van der Waals surface area contributed by atoms with Crippen molar-refractivity contribution in [1.82, 2.24) is 5.32 Å². The van der Waals surface area contributed by atoms with Crippen molar-refractivity contribution in [1.29, 1.82) is 0 Å². The lowest BCUT2D eigenvalue weighted by atomic mass is 9.93. The average molecular weight is 236 g/mol. The largest absolute Gasteiger partial charge is 0.468 e. The Bertz CT molecular complexity index is 500. The normalized spacial score (nSPS) is 18.1. The minimum atomic E-state index is 0.555. The predicted octanol–water partition coefficient (Wildman–Crippen LogP) is 3.55. The minimum Gasteiger partial charge on any atom is -0.468 e. The lowest BCUT2D eigenvalue weighted by Crippen LogP contribution is -2.26. The van der Waals surface area contributed by atoms with Crippen LogP contribution in [0, 0.1) is 0 Å². The molecule has 3 heteroatoms. The number of piperidine rings is 1. The van der Waals surface area contributed by atoms with Crippen molar-refractivity contribution < 1.29 is 4.42 Å². The first-order chi connectivity index (χ1) is 7.84. The second-order valence-corrected chi connectivity index (χ2v) is 4.79. The first-order valence-corrected chi connectivity index (χ1v) is 6.10. The number of hydrogen-bond donors (Lipinski definition) is 1. The van der Waals surface area contributed by atoms with Gasteiger partial charge < -0.3 is 9.73 Å². The topological polar surface area (TPSA) is 25.2 Å². The van der Waals surface area contributed by atoms with E-state index in [9.17, 15) is 0 Å². The molecule has 1 fully saturated rings. The molecule has 16 heavy (non-hydrogen) atoms. The molecule has 1 aromatic heterocycles. The molecule has 0 unspecified atom stereocenters. The van der Waals surface area contributed by atoms with Crippen LogP contribution in [0.1, 0.15) is 24.5 Å². The molecule has 0 atom stereocenters. The van der Waals surface area contributed by atoms with Gasteiger partial charge in [-0.2, -0.15) is 0 Å². The smallest absolute Gasteiger partial charge is 0.114 e. The Morgan fingerprint density at radius 2 is 2.06 bits per heavy atom. The van der Waals surface area contributed by atoms with Gasteiger partial charge in [-0.3, -0.25) is 0 Å². The van der Waals surface area contributed by atoms with E-state index in [1.807, 2.05) is 18.4 Å². The van der Waals surface area contributed by atoms with Gasteiger partial charge in [0, 0.05) is 21.7 Å². The Hall–Kier alpha value is -0.990. The number of halogens is 1. The molecule has 0 amide bonds. The second-order valence-electron chi connectivity index (χ2n) is 4.36. The summed E-state index contributed by atoms with van der Waals surface area (Å²) in [4.78, 5) is 0. The number of nitrogens with one attached hydrogen (secondary N) is 1. The molecule has 0 bridgehead atoms. The summed E-state index contributed by atoms with van der Waals surface area (Å²) in [6, 6.07) is 5.97. The molecule has 0 radical (unpaired) electrons. The Labute approximate surface area is 99.6 Å². The summed E-state index contributed by atoms with van der Waals surface area (Å²) in [6.45, 7) is 2.17. The molecule has 1 aliphatic heterocycles. The first-order valence-electron chi connectivity index (χ1n) is 5.72. The molecule has 0 spiro atoms. The van der Waals surface area contributed by atoms with E-state index in [0.717, 1.165) is 42.1 Å². The molecular formula is C13H14ClNO. The maximum absolute atomic E-state index is 5.96. The van der Waals surface area contributed by atoms with E-state index in [0.29, 0.717) is 5.92 Å². The van der Waals surface area contributed by atoms with Crippen LogP contribution in [0.2, 0.25) is 5.02 Å². The Morgan fingerprint density at radius 1 is 1.25 bits per heavy atom. The Balaban J connectivity index is 2.03. The summed E-state index contributed by atoms with van der Waals surface area (Å²) in [5.74, 6) is 1.69. The number of hydrogen-bond acceptors (Lipinski definition) is 2. The molecule has 1 aromatic carbocycles. The van der Waals surface area contributed by atoms with E-state index in [2.05, 4.69) is 11.4 Å². The van der Waals surface area contributed by atoms with Gasteiger partial charge in [0.05, 0.1) is 6.26 Å². The predicted molar refractivity (Wildman–Crippen MR) is 66.1 cm³/mol. The fourth-order valence-corrected chi connectivity index (χ4v) is 2.63. The van der Waals surface area contributed by atoms with Crippen LogP contribution in [-0.4, -0.2) is 13.1 Å². The van der Waals surface area contributed by atoms with Crippen LogP contribution in [0.4, 0.5) is 0 Å². The van der Waals surface area contributed by atoms with Gasteiger partial charge in [-0.25, -0.2) is 0 Å². The van der Waals surface area contributed by atoms with E-state index < -0.39 is 0 Å². The highest BCUT2D eigenvalue weighted by Gasteiger charge is 2.20. The van der Waals surface area contributed by atoms with Gasteiger partial charge in [-0.05, 0) is 44.1 Å². The van der Waals surface area contributed by atoms with Crippen molar-refractivity contribution in [3.05, 3.63) is 35.2 Å². The van der Waals surface area contributed by atoms with Crippen LogP contribution in [0.3, 0.4) is 0 Å². The zero-order valence-electron chi connectivity index (χ0n) is 9.00. The van der Waals surface area contributed by atoms with E-state index in [-0.39, 0.29) is 0 Å². The molecule has 2 heterocycles. The lowest BCUT2D eigenvalue weighted by molar-refractivity contribution is 0.389. The van der Waals surface area contributed by atoms with Gasteiger partial charge in [-0.1, -0.05) is 11.6 Å². The minimum absolute atomic E-state index is 0.555. The SMILES string of the molecule is Clc1ccc2c(C3CCNCC3)occ2c1. The zero-order valence-corrected chi connectivity index (χ0v) is 9.76. The monoisotopic (exact) mass is 235 g/mol. The molecule has 2 aromatic rings. The fraction of sp³-hybridized carbons (Fsp3) is 0.385. The fourth-order valence-electron chi connectivity index (χ4n) is 2.45. The van der Waals surface area contributed by atoms with Crippen LogP contribution < -0.4 is 5.32 Å². The second kappa shape index (κ2) is 4.11. The van der Waals surface area contributed by atoms with Crippen molar-refractivity contribution in [2.75, 3.05) is 13.1 Å². The highest BCUT2D eigenvalue weighted by molar-refractivity contribution is 6.31. The zero-order chi connectivity index (χ0) is 11.0. The lowest BCUT2D eigenvalue weighted by Gasteiger charge is -2.20. The number of fused-ring (bicyclic) bond motifs is 1. The van der Waals surface area contributed by atoms with Gasteiger partial charge >= 0.3 is 0 Å². The molecule has 0 aliphatic carbocycles. The van der Waals surface area contributed by atoms with Crippen molar-refractivity contribution >= 4 is 22.4 Å². The van der Waals surface area contributed by atoms with Crippen LogP contribution in [-0.2, 0) is 0 Å². The average Bonchev–Trinajstić information content (AvgIpc) is 2.73. The molecule has 3 rings (SSSR count). The van der Waals surface area contributed by atoms with Crippen LogP contribution in [0.25, 0.3) is 10.8 Å². The molecule has 1 saturated heterocycles. The molecule has 84 valence electrons. The Morgan fingerprint density at radius 3 is 2.88 bits per heavy atom. The van der Waals surface area contributed by atoms with Gasteiger partial charge in [0.1, 0.15) is 5.76 Å². The number of benzene rings is 1. The summed E-state index contributed by atoms with van der Waals surface area (Å²) < 4.78 is 5.72. The molecular weight excluding hydrogens is 222 g/mol. The highest BCUT2D eigenvalue weighted by atomic mass is 35.5. The molecule has 2 nitrogen and oxygen atoms in total. The third-order valence-corrected chi connectivity index (χ3v) is 3.54. The summed E-state index contributed by atoms with van der Waals surface area (Å²) in [6.07, 6.45) is 4.13.